The molecule has 1 aromatic heterocycles. The second-order valence-electron chi connectivity index (χ2n) is 6.81. The van der Waals surface area contributed by atoms with Gasteiger partial charge in [0.2, 0.25) is 0 Å². The Bertz CT molecular complexity index is 433. The zero-order valence-electron chi connectivity index (χ0n) is 13.7. The molecule has 0 bridgehead atoms. The number of ether oxygens (including phenoxy) is 1. The molecule has 0 aliphatic rings. The van der Waals surface area contributed by atoms with Crippen molar-refractivity contribution in [1.29, 1.82) is 0 Å². The standard InChI is InChI=1S/C13H26N6O2/c1-12(2,3)19(11(20)21-13(4,5)6)8-7-14-9-10-15-17-18-16-10/h14H,7-9H2,1-6H3,(H,15,16,17,18). The monoisotopic (exact) mass is 298 g/mol. The SMILES string of the molecule is CC(C)(C)OC(=O)N(CCNCc1nn[nH]n1)C(C)(C)C. The second-order valence-corrected chi connectivity index (χ2v) is 6.81. The lowest BCUT2D eigenvalue weighted by molar-refractivity contribution is 0.00663. The molecule has 0 unspecified atom stereocenters. The van der Waals surface area contributed by atoms with Crippen LogP contribution in [-0.2, 0) is 11.3 Å². The minimum atomic E-state index is -0.501. The highest BCUT2D eigenvalue weighted by Gasteiger charge is 2.30. The predicted molar refractivity (Wildman–Crippen MR) is 78.6 cm³/mol. The van der Waals surface area contributed by atoms with Gasteiger partial charge in [0, 0.05) is 18.6 Å². The van der Waals surface area contributed by atoms with E-state index in [2.05, 4.69) is 25.9 Å². The van der Waals surface area contributed by atoms with Crippen molar-refractivity contribution < 1.29 is 9.53 Å². The predicted octanol–water partition coefficient (Wildman–Crippen LogP) is 1.32. The number of carbonyl (C=O) groups is 1. The molecule has 0 saturated carbocycles. The average Bonchev–Trinajstić information content (AvgIpc) is 2.77. The first-order valence-corrected chi connectivity index (χ1v) is 7.03. The fourth-order valence-electron chi connectivity index (χ4n) is 1.67. The van der Waals surface area contributed by atoms with Crippen molar-refractivity contribution in [2.75, 3.05) is 13.1 Å². The molecule has 0 aliphatic carbocycles. The van der Waals surface area contributed by atoms with Crippen molar-refractivity contribution in [3.8, 4) is 0 Å². The summed E-state index contributed by atoms with van der Waals surface area (Å²) in [6, 6.07) is 0. The summed E-state index contributed by atoms with van der Waals surface area (Å²) in [7, 11) is 0. The molecule has 1 heterocycles. The van der Waals surface area contributed by atoms with E-state index in [1.807, 2.05) is 41.5 Å². The molecule has 0 fully saturated rings. The molecule has 0 aliphatic heterocycles. The first-order chi connectivity index (χ1) is 9.59. The van der Waals surface area contributed by atoms with E-state index in [-0.39, 0.29) is 11.6 Å². The highest BCUT2D eigenvalue weighted by Crippen LogP contribution is 2.17. The summed E-state index contributed by atoms with van der Waals surface area (Å²) in [5.41, 5.74) is -0.811. The number of hydrogen-bond donors (Lipinski definition) is 2. The van der Waals surface area contributed by atoms with Crippen molar-refractivity contribution in [3.63, 3.8) is 0 Å². The zero-order chi connectivity index (χ0) is 16.1. The van der Waals surface area contributed by atoms with Crippen LogP contribution in [-0.4, -0.2) is 55.8 Å². The average molecular weight is 298 g/mol. The van der Waals surface area contributed by atoms with Gasteiger partial charge >= 0.3 is 6.09 Å². The van der Waals surface area contributed by atoms with Crippen LogP contribution in [0.2, 0.25) is 0 Å². The lowest BCUT2D eigenvalue weighted by Crippen LogP contribution is -2.50. The molecule has 0 aromatic carbocycles. The Balaban J connectivity index is 2.49. The van der Waals surface area contributed by atoms with Crippen LogP contribution in [0.4, 0.5) is 4.79 Å². The van der Waals surface area contributed by atoms with Gasteiger partial charge in [-0.1, -0.05) is 5.21 Å². The van der Waals surface area contributed by atoms with Gasteiger partial charge in [-0.25, -0.2) is 4.79 Å². The third-order valence-corrected chi connectivity index (χ3v) is 2.61. The van der Waals surface area contributed by atoms with E-state index in [0.29, 0.717) is 25.5 Å². The molecular formula is C13H26N6O2. The molecule has 2 N–H and O–H groups in total. The maximum absolute atomic E-state index is 12.3. The van der Waals surface area contributed by atoms with Crippen LogP contribution < -0.4 is 5.32 Å². The van der Waals surface area contributed by atoms with Gasteiger partial charge in [0.15, 0.2) is 5.82 Å². The number of aromatic amines is 1. The third kappa shape index (κ3) is 6.52. The van der Waals surface area contributed by atoms with Crippen LogP contribution in [0.3, 0.4) is 0 Å². The normalized spacial score (nSPS) is 12.3. The number of hydrogen-bond acceptors (Lipinski definition) is 6. The van der Waals surface area contributed by atoms with Gasteiger partial charge in [-0.15, -0.1) is 10.2 Å². The van der Waals surface area contributed by atoms with Crippen molar-refractivity contribution >= 4 is 6.09 Å². The summed E-state index contributed by atoms with van der Waals surface area (Å²) in [6.45, 7) is 13.2. The summed E-state index contributed by atoms with van der Waals surface area (Å²) in [5, 5.41) is 16.7. The summed E-state index contributed by atoms with van der Waals surface area (Å²) in [5.74, 6) is 0.592. The Labute approximate surface area is 125 Å². The summed E-state index contributed by atoms with van der Waals surface area (Å²) < 4.78 is 5.45. The fourth-order valence-corrected chi connectivity index (χ4v) is 1.67. The molecule has 1 amide bonds. The number of H-pyrrole nitrogens is 1. The number of tetrazole rings is 1. The Morgan fingerprint density at radius 2 is 1.95 bits per heavy atom. The van der Waals surface area contributed by atoms with Gasteiger partial charge in [0.05, 0.1) is 6.54 Å². The smallest absolute Gasteiger partial charge is 0.410 e. The van der Waals surface area contributed by atoms with E-state index in [0.717, 1.165) is 0 Å². The molecule has 1 rings (SSSR count). The Hall–Kier alpha value is -1.70. The first-order valence-electron chi connectivity index (χ1n) is 7.03. The van der Waals surface area contributed by atoms with E-state index < -0.39 is 5.60 Å². The molecule has 21 heavy (non-hydrogen) atoms. The van der Waals surface area contributed by atoms with Crippen LogP contribution in [0.1, 0.15) is 47.4 Å². The van der Waals surface area contributed by atoms with Crippen molar-refractivity contribution in [1.82, 2.24) is 30.8 Å². The number of carbonyl (C=O) groups excluding carboxylic acids is 1. The van der Waals surface area contributed by atoms with E-state index >= 15 is 0 Å². The highest BCUT2D eigenvalue weighted by molar-refractivity contribution is 5.69. The fraction of sp³-hybridized carbons (Fsp3) is 0.846. The molecule has 0 spiro atoms. The number of amides is 1. The van der Waals surface area contributed by atoms with Gasteiger partial charge in [0.1, 0.15) is 5.60 Å². The highest BCUT2D eigenvalue weighted by atomic mass is 16.6. The largest absolute Gasteiger partial charge is 0.444 e. The first kappa shape index (κ1) is 17.4. The molecule has 0 saturated heterocycles. The summed E-state index contributed by atoms with van der Waals surface area (Å²) in [4.78, 5) is 14.0. The third-order valence-electron chi connectivity index (χ3n) is 2.61. The van der Waals surface area contributed by atoms with Crippen LogP contribution >= 0.6 is 0 Å². The van der Waals surface area contributed by atoms with Crippen LogP contribution in [0.15, 0.2) is 0 Å². The van der Waals surface area contributed by atoms with Gasteiger partial charge in [-0.05, 0) is 41.5 Å². The molecule has 8 nitrogen and oxygen atoms in total. The summed E-state index contributed by atoms with van der Waals surface area (Å²) >= 11 is 0. The Morgan fingerprint density at radius 3 is 2.43 bits per heavy atom. The van der Waals surface area contributed by atoms with Crippen LogP contribution in [0.5, 0.6) is 0 Å². The van der Waals surface area contributed by atoms with Crippen LogP contribution in [0, 0.1) is 0 Å². The molecule has 8 heteroatoms. The van der Waals surface area contributed by atoms with Gasteiger partial charge < -0.3 is 15.0 Å². The molecule has 0 atom stereocenters. The minimum absolute atomic E-state index is 0.309. The van der Waals surface area contributed by atoms with Crippen LogP contribution in [0.25, 0.3) is 0 Å². The lowest BCUT2D eigenvalue weighted by Gasteiger charge is -2.36. The van der Waals surface area contributed by atoms with E-state index in [9.17, 15) is 4.79 Å². The molecular weight excluding hydrogens is 272 g/mol. The summed E-state index contributed by atoms with van der Waals surface area (Å²) in [6.07, 6.45) is -0.309. The van der Waals surface area contributed by atoms with Crippen molar-refractivity contribution in [3.05, 3.63) is 5.82 Å². The minimum Gasteiger partial charge on any atom is -0.444 e. The Kier molecular flexibility index (Phi) is 5.65. The number of aromatic nitrogens is 4. The van der Waals surface area contributed by atoms with E-state index in [1.54, 1.807) is 4.90 Å². The van der Waals surface area contributed by atoms with E-state index in [4.69, 9.17) is 4.74 Å². The maximum atomic E-state index is 12.3. The number of nitrogens with zero attached hydrogens (tertiary/aromatic N) is 4. The second kappa shape index (κ2) is 6.84. The lowest BCUT2D eigenvalue weighted by atomic mass is 10.1. The van der Waals surface area contributed by atoms with Gasteiger partial charge in [0.25, 0.3) is 0 Å². The molecule has 1 aromatic rings. The zero-order valence-corrected chi connectivity index (χ0v) is 13.7. The topological polar surface area (TPSA) is 96.0 Å². The van der Waals surface area contributed by atoms with Crippen molar-refractivity contribution in [2.24, 2.45) is 0 Å². The maximum Gasteiger partial charge on any atom is 0.410 e. The molecule has 0 radical (unpaired) electrons. The van der Waals surface area contributed by atoms with Crippen molar-refractivity contribution in [2.45, 2.75) is 59.2 Å². The number of rotatable bonds is 5. The molecule has 120 valence electrons. The van der Waals surface area contributed by atoms with Gasteiger partial charge in [-0.2, -0.15) is 5.21 Å². The van der Waals surface area contributed by atoms with E-state index in [1.165, 1.54) is 0 Å². The number of nitrogens with one attached hydrogen (secondary N) is 2. The van der Waals surface area contributed by atoms with Gasteiger partial charge in [-0.3, -0.25) is 0 Å². The quantitative estimate of drug-likeness (QED) is 0.796. The Morgan fingerprint density at radius 1 is 1.29 bits per heavy atom.